The third-order valence-electron chi connectivity index (χ3n) is 2.03. The average Bonchev–Trinajstić information content (AvgIpc) is 2.62. The van der Waals surface area contributed by atoms with Crippen molar-refractivity contribution in [2.75, 3.05) is 0 Å². The lowest BCUT2D eigenvalue weighted by molar-refractivity contribution is -0.137. The molecule has 0 amide bonds. The van der Waals surface area contributed by atoms with E-state index < -0.39 is 17.3 Å². The summed E-state index contributed by atoms with van der Waals surface area (Å²) in [4.78, 5) is 13.9. The van der Waals surface area contributed by atoms with Gasteiger partial charge in [-0.25, -0.2) is 0 Å². The van der Waals surface area contributed by atoms with E-state index in [1.165, 1.54) is 0 Å². The summed E-state index contributed by atoms with van der Waals surface area (Å²) in [6.45, 7) is 0. The van der Waals surface area contributed by atoms with Crippen molar-refractivity contribution in [1.29, 1.82) is 0 Å². The van der Waals surface area contributed by atoms with Gasteiger partial charge in [0, 0.05) is 6.07 Å². The lowest BCUT2D eigenvalue weighted by atomic mass is 10.2. The van der Waals surface area contributed by atoms with E-state index in [0.29, 0.717) is 16.0 Å². The number of hydrogen-bond acceptors (Lipinski definition) is 2. The normalized spacial score (nSPS) is 11.8. The SMILES string of the molecule is O=c1cc(C(F)(F)F)cc(-c2sccc2Cl)[nH]1. The van der Waals surface area contributed by atoms with E-state index in [1.807, 2.05) is 0 Å². The number of aromatic nitrogens is 1. The van der Waals surface area contributed by atoms with Crippen LogP contribution >= 0.6 is 22.9 Å². The molecule has 90 valence electrons. The number of H-pyrrole nitrogens is 1. The first-order valence-electron chi connectivity index (χ1n) is 4.43. The van der Waals surface area contributed by atoms with Crippen molar-refractivity contribution in [1.82, 2.24) is 4.98 Å². The quantitative estimate of drug-likeness (QED) is 0.847. The van der Waals surface area contributed by atoms with Gasteiger partial charge in [-0.1, -0.05) is 11.6 Å². The Balaban J connectivity index is 2.61. The lowest BCUT2D eigenvalue weighted by Gasteiger charge is -2.07. The molecule has 0 saturated carbocycles. The van der Waals surface area contributed by atoms with Gasteiger partial charge in [0.25, 0.3) is 0 Å². The van der Waals surface area contributed by atoms with Crippen molar-refractivity contribution in [3.63, 3.8) is 0 Å². The minimum Gasteiger partial charge on any atom is -0.321 e. The fourth-order valence-electron chi connectivity index (χ4n) is 1.32. The van der Waals surface area contributed by atoms with Crippen LogP contribution in [-0.4, -0.2) is 4.98 Å². The van der Waals surface area contributed by atoms with E-state index in [2.05, 4.69) is 4.98 Å². The lowest BCUT2D eigenvalue weighted by Crippen LogP contribution is -2.13. The Kier molecular flexibility index (Phi) is 3.01. The summed E-state index contributed by atoms with van der Waals surface area (Å²) < 4.78 is 37.5. The molecule has 0 saturated heterocycles. The Morgan fingerprint density at radius 1 is 1.29 bits per heavy atom. The van der Waals surface area contributed by atoms with Crippen LogP contribution in [-0.2, 0) is 6.18 Å². The third kappa shape index (κ3) is 2.53. The summed E-state index contributed by atoms with van der Waals surface area (Å²) >= 11 is 6.96. The molecule has 2 aromatic heterocycles. The zero-order valence-corrected chi connectivity index (χ0v) is 9.71. The maximum Gasteiger partial charge on any atom is 0.416 e. The van der Waals surface area contributed by atoms with Gasteiger partial charge in [-0.15, -0.1) is 11.3 Å². The van der Waals surface area contributed by atoms with E-state index in [0.717, 1.165) is 17.4 Å². The maximum atomic E-state index is 12.5. The highest BCUT2D eigenvalue weighted by Gasteiger charge is 2.31. The smallest absolute Gasteiger partial charge is 0.321 e. The Bertz CT molecular complexity index is 602. The van der Waals surface area contributed by atoms with Crippen LogP contribution in [0.25, 0.3) is 10.6 Å². The van der Waals surface area contributed by atoms with Gasteiger partial charge in [0.05, 0.1) is 21.2 Å². The zero-order valence-electron chi connectivity index (χ0n) is 8.14. The van der Waals surface area contributed by atoms with Gasteiger partial charge in [0.1, 0.15) is 0 Å². The van der Waals surface area contributed by atoms with Gasteiger partial charge < -0.3 is 4.98 Å². The molecule has 2 heterocycles. The molecule has 0 bridgehead atoms. The topological polar surface area (TPSA) is 32.9 Å². The number of nitrogens with one attached hydrogen (secondary N) is 1. The van der Waals surface area contributed by atoms with E-state index in [9.17, 15) is 18.0 Å². The van der Waals surface area contributed by atoms with E-state index in [-0.39, 0.29) is 5.69 Å². The Labute approximate surface area is 103 Å². The fraction of sp³-hybridized carbons (Fsp3) is 0.100. The highest BCUT2D eigenvalue weighted by atomic mass is 35.5. The Morgan fingerprint density at radius 2 is 2.00 bits per heavy atom. The average molecular weight is 280 g/mol. The van der Waals surface area contributed by atoms with Crippen LogP contribution in [0.15, 0.2) is 28.4 Å². The van der Waals surface area contributed by atoms with Crippen LogP contribution in [0.4, 0.5) is 13.2 Å². The molecule has 0 radical (unpaired) electrons. The standard InChI is InChI=1S/C10H5ClF3NOS/c11-6-1-2-17-9(6)7-3-5(10(12,13)14)4-8(16)15-7/h1-4H,(H,15,16). The summed E-state index contributed by atoms with van der Waals surface area (Å²) in [5.41, 5.74) is -1.72. The molecular formula is C10H5ClF3NOS. The molecule has 0 unspecified atom stereocenters. The van der Waals surface area contributed by atoms with Gasteiger partial charge in [0.15, 0.2) is 0 Å². The van der Waals surface area contributed by atoms with Crippen molar-refractivity contribution in [3.8, 4) is 10.6 Å². The number of thiophene rings is 1. The molecule has 0 aliphatic carbocycles. The molecule has 2 nitrogen and oxygen atoms in total. The second kappa shape index (κ2) is 4.19. The maximum absolute atomic E-state index is 12.5. The number of pyridine rings is 1. The van der Waals surface area contributed by atoms with Crippen molar-refractivity contribution in [2.45, 2.75) is 6.18 Å². The highest BCUT2D eigenvalue weighted by molar-refractivity contribution is 7.14. The minimum absolute atomic E-state index is 0.0739. The first-order chi connectivity index (χ1) is 7.88. The fourth-order valence-corrected chi connectivity index (χ4v) is 2.45. The summed E-state index contributed by atoms with van der Waals surface area (Å²) in [6, 6.07) is 2.95. The minimum atomic E-state index is -4.55. The second-order valence-electron chi connectivity index (χ2n) is 3.24. The number of hydrogen-bond donors (Lipinski definition) is 1. The van der Waals surface area contributed by atoms with Crippen LogP contribution in [0.1, 0.15) is 5.56 Å². The van der Waals surface area contributed by atoms with Gasteiger partial charge >= 0.3 is 6.18 Å². The predicted molar refractivity (Wildman–Crippen MR) is 60.4 cm³/mol. The molecule has 0 atom stereocenters. The number of rotatable bonds is 1. The largest absolute Gasteiger partial charge is 0.416 e. The van der Waals surface area contributed by atoms with Gasteiger partial charge in [-0.3, -0.25) is 4.79 Å². The number of halogens is 4. The van der Waals surface area contributed by atoms with E-state index in [1.54, 1.807) is 11.4 Å². The molecule has 7 heteroatoms. The van der Waals surface area contributed by atoms with Crippen molar-refractivity contribution in [3.05, 3.63) is 44.5 Å². The molecule has 0 aromatic carbocycles. The predicted octanol–water partition coefficient (Wildman–Crippen LogP) is 3.78. The van der Waals surface area contributed by atoms with Crippen LogP contribution < -0.4 is 5.56 Å². The molecule has 0 fully saturated rings. The van der Waals surface area contributed by atoms with E-state index in [4.69, 9.17) is 11.6 Å². The molecule has 0 aliphatic heterocycles. The van der Waals surface area contributed by atoms with Crippen LogP contribution in [0.5, 0.6) is 0 Å². The first-order valence-corrected chi connectivity index (χ1v) is 5.68. The Morgan fingerprint density at radius 3 is 2.53 bits per heavy atom. The summed E-state index contributed by atoms with van der Waals surface area (Å²) in [5, 5.41) is 1.95. The highest BCUT2D eigenvalue weighted by Crippen LogP contribution is 2.34. The molecular weight excluding hydrogens is 275 g/mol. The first kappa shape index (κ1) is 12.2. The van der Waals surface area contributed by atoms with Crippen LogP contribution in [0, 0.1) is 0 Å². The second-order valence-corrected chi connectivity index (χ2v) is 4.57. The summed E-state index contributed by atoms with van der Waals surface area (Å²) in [7, 11) is 0. The molecule has 2 rings (SSSR count). The number of aromatic amines is 1. The van der Waals surface area contributed by atoms with Crippen LogP contribution in [0.2, 0.25) is 5.02 Å². The molecule has 0 spiro atoms. The Hall–Kier alpha value is -1.27. The van der Waals surface area contributed by atoms with Gasteiger partial charge in [0.2, 0.25) is 5.56 Å². The van der Waals surface area contributed by atoms with Crippen LogP contribution in [0.3, 0.4) is 0 Å². The van der Waals surface area contributed by atoms with E-state index >= 15 is 0 Å². The molecule has 17 heavy (non-hydrogen) atoms. The molecule has 0 aliphatic rings. The summed E-state index contributed by atoms with van der Waals surface area (Å²) in [5.74, 6) is 0. The third-order valence-corrected chi connectivity index (χ3v) is 3.41. The van der Waals surface area contributed by atoms with Crippen molar-refractivity contribution in [2.24, 2.45) is 0 Å². The van der Waals surface area contributed by atoms with Crippen molar-refractivity contribution >= 4 is 22.9 Å². The van der Waals surface area contributed by atoms with Gasteiger partial charge in [-0.2, -0.15) is 13.2 Å². The number of alkyl halides is 3. The van der Waals surface area contributed by atoms with Crippen molar-refractivity contribution < 1.29 is 13.2 Å². The molecule has 1 N–H and O–H groups in total. The van der Waals surface area contributed by atoms with Gasteiger partial charge in [-0.05, 0) is 17.5 Å². The summed E-state index contributed by atoms with van der Waals surface area (Å²) in [6.07, 6.45) is -4.55. The molecule has 2 aromatic rings. The zero-order chi connectivity index (χ0) is 12.6. The monoisotopic (exact) mass is 279 g/mol.